The van der Waals surface area contributed by atoms with Gasteiger partial charge in [-0.25, -0.2) is 0 Å². The number of Topliss-reactive ketones (excluding diaryl/α,β-unsaturated/α-hetero) is 1. The molecule has 0 radical (unpaired) electrons. The van der Waals surface area contributed by atoms with Gasteiger partial charge in [0.2, 0.25) is 0 Å². The summed E-state index contributed by atoms with van der Waals surface area (Å²) in [6.07, 6.45) is 3.07. The van der Waals surface area contributed by atoms with Crippen molar-refractivity contribution in [2.75, 3.05) is 0 Å². The number of aromatic nitrogens is 2. The minimum Gasteiger partial charge on any atom is -0.294 e. The molecule has 2 rings (SSSR count). The molecule has 0 saturated carbocycles. The molecule has 0 fully saturated rings. The molecule has 1 aromatic carbocycles. The number of hydrogen-bond donors (Lipinski definition) is 0. The van der Waals surface area contributed by atoms with Crippen molar-refractivity contribution in [3.05, 3.63) is 52.3 Å². The average Bonchev–Trinajstić information content (AvgIpc) is 2.75. The van der Waals surface area contributed by atoms with Gasteiger partial charge >= 0.3 is 0 Å². The summed E-state index contributed by atoms with van der Waals surface area (Å²) in [4.78, 5) is 12.5. The normalized spacial score (nSPS) is 10.7. The Kier molecular flexibility index (Phi) is 3.84. The summed E-state index contributed by atoms with van der Waals surface area (Å²) in [5.74, 6) is 0.155. The smallest absolute Gasteiger partial charge is 0.170 e. The highest BCUT2D eigenvalue weighted by atomic mass is 16.1. The topological polar surface area (TPSA) is 34.9 Å². The van der Waals surface area contributed by atoms with Gasteiger partial charge in [0, 0.05) is 19.7 Å². The first kappa shape index (κ1) is 13.5. The van der Waals surface area contributed by atoms with Crippen molar-refractivity contribution in [3.63, 3.8) is 0 Å². The highest BCUT2D eigenvalue weighted by molar-refractivity contribution is 5.98. The number of ketones is 1. The van der Waals surface area contributed by atoms with Crippen molar-refractivity contribution in [1.29, 1.82) is 0 Å². The van der Waals surface area contributed by atoms with E-state index in [1.807, 2.05) is 26.2 Å². The van der Waals surface area contributed by atoms with E-state index in [1.165, 1.54) is 11.1 Å². The van der Waals surface area contributed by atoms with Crippen LogP contribution < -0.4 is 0 Å². The lowest BCUT2D eigenvalue weighted by Gasteiger charge is -2.08. The molecule has 3 nitrogen and oxygen atoms in total. The van der Waals surface area contributed by atoms with Crippen LogP contribution in [0.4, 0.5) is 0 Å². The molecule has 0 aliphatic rings. The molecule has 19 heavy (non-hydrogen) atoms. The quantitative estimate of drug-likeness (QED) is 0.788. The summed E-state index contributed by atoms with van der Waals surface area (Å²) < 4.78 is 1.72. The summed E-state index contributed by atoms with van der Waals surface area (Å²) in [5, 5.41) is 4.33. The molecule has 100 valence electrons. The summed E-state index contributed by atoms with van der Waals surface area (Å²) in [6.45, 7) is 6.14. The fraction of sp³-hybridized carbons (Fsp3) is 0.375. The minimum absolute atomic E-state index is 0.155. The summed E-state index contributed by atoms with van der Waals surface area (Å²) in [6, 6.07) is 6.14. The number of carbonyl (C=O) groups is 1. The number of nitrogens with zero attached hydrogens (tertiary/aromatic N) is 2. The van der Waals surface area contributed by atoms with Crippen LogP contribution in [-0.4, -0.2) is 15.6 Å². The van der Waals surface area contributed by atoms with Gasteiger partial charge in [0.15, 0.2) is 5.78 Å². The zero-order valence-electron chi connectivity index (χ0n) is 12.0. The van der Waals surface area contributed by atoms with E-state index in [0.29, 0.717) is 6.42 Å². The lowest BCUT2D eigenvalue weighted by atomic mass is 9.95. The van der Waals surface area contributed by atoms with E-state index in [4.69, 9.17) is 0 Å². The highest BCUT2D eigenvalue weighted by Crippen LogP contribution is 2.17. The fourth-order valence-corrected chi connectivity index (χ4v) is 2.41. The Morgan fingerprint density at radius 3 is 2.47 bits per heavy atom. The Balaban J connectivity index is 2.31. The Morgan fingerprint density at radius 2 is 1.89 bits per heavy atom. The van der Waals surface area contributed by atoms with Gasteiger partial charge < -0.3 is 0 Å². The molecule has 0 unspecified atom stereocenters. The van der Waals surface area contributed by atoms with Crippen LogP contribution in [-0.2, 0) is 19.9 Å². The van der Waals surface area contributed by atoms with Crippen molar-refractivity contribution >= 4 is 5.78 Å². The molecule has 3 heteroatoms. The van der Waals surface area contributed by atoms with Crippen molar-refractivity contribution in [2.45, 2.75) is 33.6 Å². The van der Waals surface area contributed by atoms with Gasteiger partial charge in [-0.1, -0.05) is 25.1 Å². The van der Waals surface area contributed by atoms with Crippen LogP contribution in [0.15, 0.2) is 24.4 Å². The highest BCUT2D eigenvalue weighted by Gasteiger charge is 2.16. The molecule has 0 N–H and O–H groups in total. The Hall–Kier alpha value is -1.90. The molecule has 0 aliphatic heterocycles. The lowest BCUT2D eigenvalue weighted by Crippen LogP contribution is -2.07. The third kappa shape index (κ3) is 2.75. The van der Waals surface area contributed by atoms with Crippen molar-refractivity contribution in [2.24, 2.45) is 7.05 Å². The predicted octanol–water partition coefficient (Wildman–Crippen LogP) is 3.02. The van der Waals surface area contributed by atoms with Crippen LogP contribution in [0.5, 0.6) is 0 Å². The van der Waals surface area contributed by atoms with Gasteiger partial charge in [-0.3, -0.25) is 9.48 Å². The Bertz CT molecular complexity index is 591. The molecular formula is C16H20N2O. The molecular weight excluding hydrogens is 236 g/mol. The molecule has 0 amide bonds. The van der Waals surface area contributed by atoms with Gasteiger partial charge in [0.25, 0.3) is 0 Å². The van der Waals surface area contributed by atoms with E-state index in [0.717, 1.165) is 23.2 Å². The number of aryl methyl sites for hydroxylation is 4. The molecule has 1 aromatic heterocycles. The van der Waals surface area contributed by atoms with Crippen molar-refractivity contribution in [3.8, 4) is 0 Å². The van der Waals surface area contributed by atoms with Gasteiger partial charge in [0.1, 0.15) is 0 Å². The molecule has 0 aliphatic carbocycles. The second kappa shape index (κ2) is 5.39. The van der Waals surface area contributed by atoms with E-state index in [1.54, 1.807) is 4.68 Å². The van der Waals surface area contributed by atoms with E-state index in [2.05, 4.69) is 31.1 Å². The summed E-state index contributed by atoms with van der Waals surface area (Å²) >= 11 is 0. The lowest BCUT2D eigenvalue weighted by molar-refractivity contribution is 0.0991. The zero-order valence-corrected chi connectivity index (χ0v) is 12.0. The SMILES string of the molecule is CCc1nn(C)cc1C(=O)Cc1c(C)cccc1C. The van der Waals surface area contributed by atoms with Crippen LogP contribution in [0.25, 0.3) is 0 Å². The molecule has 1 heterocycles. The van der Waals surface area contributed by atoms with Crippen LogP contribution in [0.1, 0.15) is 39.7 Å². The number of carbonyl (C=O) groups excluding carboxylic acids is 1. The van der Waals surface area contributed by atoms with Crippen LogP contribution in [0.2, 0.25) is 0 Å². The van der Waals surface area contributed by atoms with Crippen molar-refractivity contribution in [1.82, 2.24) is 9.78 Å². The average molecular weight is 256 g/mol. The second-order valence-electron chi connectivity index (χ2n) is 4.99. The molecule has 0 atom stereocenters. The molecule has 0 bridgehead atoms. The summed E-state index contributed by atoms with van der Waals surface area (Å²) in [7, 11) is 1.86. The number of rotatable bonds is 4. The standard InChI is InChI=1S/C16H20N2O/c1-5-15-14(10-18(4)17-15)16(19)9-13-11(2)7-6-8-12(13)3/h6-8,10H,5,9H2,1-4H3. The summed E-state index contributed by atoms with van der Waals surface area (Å²) in [5.41, 5.74) is 5.13. The zero-order chi connectivity index (χ0) is 14.0. The Morgan fingerprint density at radius 1 is 1.26 bits per heavy atom. The van der Waals surface area contributed by atoms with Crippen LogP contribution >= 0.6 is 0 Å². The maximum Gasteiger partial charge on any atom is 0.170 e. The second-order valence-corrected chi connectivity index (χ2v) is 4.99. The van der Waals surface area contributed by atoms with Gasteiger partial charge in [-0.15, -0.1) is 0 Å². The number of benzene rings is 1. The fourth-order valence-electron chi connectivity index (χ4n) is 2.41. The first-order chi connectivity index (χ1) is 9.02. The third-order valence-electron chi connectivity index (χ3n) is 3.52. The van der Waals surface area contributed by atoms with Gasteiger partial charge in [0.05, 0.1) is 11.3 Å². The molecule has 2 aromatic rings. The Labute approximate surface area is 114 Å². The molecule has 0 saturated heterocycles. The van der Waals surface area contributed by atoms with Crippen LogP contribution in [0.3, 0.4) is 0 Å². The number of hydrogen-bond acceptors (Lipinski definition) is 2. The largest absolute Gasteiger partial charge is 0.294 e. The minimum atomic E-state index is 0.155. The van der Waals surface area contributed by atoms with Crippen molar-refractivity contribution < 1.29 is 4.79 Å². The van der Waals surface area contributed by atoms with Gasteiger partial charge in [-0.05, 0) is 37.0 Å². The van der Waals surface area contributed by atoms with Gasteiger partial charge in [-0.2, -0.15) is 5.10 Å². The first-order valence-electron chi connectivity index (χ1n) is 6.63. The van der Waals surface area contributed by atoms with E-state index in [-0.39, 0.29) is 5.78 Å². The first-order valence-corrected chi connectivity index (χ1v) is 6.63. The maximum absolute atomic E-state index is 12.5. The van der Waals surface area contributed by atoms with E-state index >= 15 is 0 Å². The van der Waals surface area contributed by atoms with E-state index < -0.39 is 0 Å². The monoisotopic (exact) mass is 256 g/mol. The van der Waals surface area contributed by atoms with E-state index in [9.17, 15) is 4.79 Å². The van der Waals surface area contributed by atoms with Crippen LogP contribution in [0, 0.1) is 13.8 Å². The third-order valence-corrected chi connectivity index (χ3v) is 3.52. The molecule has 0 spiro atoms. The maximum atomic E-state index is 12.5. The predicted molar refractivity (Wildman–Crippen MR) is 76.5 cm³/mol.